The summed E-state index contributed by atoms with van der Waals surface area (Å²) in [7, 11) is 0. The van der Waals surface area contributed by atoms with Crippen LogP contribution in [0.15, 0.2) is 18.3 Å². The number of amides is 3. The van der Waals surface area contributed by atoms with Gasteiger partial charge in [-0.05, 0) is 30.4 Å². The van der Waals surface area contributed by atoms with Gasteiger partial charge in [-0.15, -0.1) is 0 Å². The number of carboxylic acids is 1. The van der Waals surface area contributed by atoms with Gasteiger partial charge in [-0.3, -0.25) is 4.79 Å². The highest BCUT2D eigenvalue weighted by molar-refractivity contribution is 5.89. The number of carboxylic acid groups (broad SMARTS) is 1. The SMILES string of the molecule is CC(C)[C@H]1COCCCCOC[C@@H](NC(=O)N[C@H](Cc2ccc(N)nc2)C(=O)O)C(=O)N1. The minimum Gasteiger partial charge on any atom is -0.480 e. The largest absolute Gasteiger partial charge is 0.480 e. The quantitative estimate of drug-likeness (QED) is 0.412. The molecule has 178 valence electrons. The summed E-state index contributed by atoms with van der Waals surface area (Å²) in [5.41, 5.74) is 6.14. The summed E-state index contributed by atoms with van der Waals surface area (Å²) < 4.78 is 11.2. The number of urea groups is 1. The van der Waals surface area contributed by atoms with Gasteiger partial charge < -0.3 is 36.3 Å². The Morgan fingerprint density at radius 1 is 1.25 bits per heavy atom. The monoisotopic (exact) mass is 451 g/mol. The van der Waals surface area contributed by atoms with Crippen molar-refractivity contribution in [1.29, 1.82) is 0 Å². The Morgan fingerprint density at radius 3 is 2.53 bits per heavy atom. The number of nitrogens with two attached hydrogens (primary N) is 1. The lowest BCUT2D eigenvalue weighted by Crippen LogP contribution is -2.57. The van der Waals surface area contributed by atoms with Gasteiger partial charge in [0.15, 0.2) is 0 Å². The molecule has 11 heteroatoms. The fourth-order valence-corrected chi connectivity index (χ4v) is 3.04. The maximum atomic E-state index is 12.8. The maximum absolute atomic E-state index is 12.8. The predicted molar refractivity (Wildman–Crippen MR) is 117 cm³/mol. The third-order valence-corrected chi connectivity index (χ3v) is 5.05. The second kappa shape index (κ2) is 12.8. The van der Waals surface area contributed by atoms with Crippen LogP contribution in [0.5, 0.6) is 0 Å². The average Bonchev–Trinajstić information content (AvgIpc) is 2.73. The molecule has 3 atom stereocenters. The zero-order valence-electron chi connectivity index (χ0n) is 18.5. The van der Waals surface area contributed by atoms with E-state index < -0.39 is 30.0 Å². The number of hydrogen-bond acceptors (Lipinski definition) is 7. The number of rotatable bonds is 6. The van der Waals surface area contributed by atoms with Crippen molar-refractivity contribution in [2.45, 2.75) is 51.2 Å². The molecule has 0 aliphatic carbocycles. The first-order valence-corrected chi connectivity index (χ1v) is 10.7. The lowest BCUT2D eigenvalue weighted by molar-refractivity contribution is -0.139. The molecular weight excluding hydrogens is 418 g/mol. The Balaban J connectivity index is 2.02. The van der Waals surface area contributed by atoms with E-state index in [9.17, 15) is 19.5 Å². The van der Waals surface area contributed by atoms with E-state index in [-0.39, 0.29) is 25.0 Å². The molecule has 0 radical (unpaired) electrons. The maximum Gasteiger partial charge on any atom is 0.326 e. The number of aliphatic carboxylic acids is 1. The number of pyridine rings is 1. The van der Waals surface area contributed by atoms with Crippen LogP contribution >= 0.6 is 0 Å². The highest BCUT2D eigenvalue weighted by atomic mass is 16.5. The van der Waals surface area contributed by atoms with Crippen molar-refractivity contribution in [2.24, 2.45) is 5.92 Å². The van der Waals surface area contributed by atoms with Crippen molar-refractivity contribution in [3.63, 3.8) is 0 Å². The van der Waals surface area contributed by atoms with Crippen LogP contribution < -0.4 is 21.7 Å². The van der Waals surface area contributed by atoms with Gasteiger partial charge in [-0.2, -0.15) is 0 Å². The minimum atomic E-state index is -1.22. The Kier molecular flexibility index (Phi) is 10.2. The lowest BCUT2D eigenvalue weighted by atomic mass is 10.0. The highest BCUT2D eigenvalue weighted by Gasteiger charge is 2.27. The van der Waals surface area contributed by atoms with Gasteiger partial charge in [-0.1, -0.05) is 19.9 Å². The molecule has 32 heavy (non-hydrogen) atoms. The molecule has 0 aromatic carbocycles. The molecule has 0 spiro atoms. The Hall–Kier alpha value is -2.92. The van der Waals surface area contributed by atoms with Crippen LogP contribution in [0.3, 0.4) is 0 Å². The Labute approximate surface area is 187 Å². The molecule has 1 saturated heterocycles. The molecule has 3 amide bonds. The highest BCUT2D eigenvalue weighted by Crippen LogP contribution is 2.07. The number of nitrogens with zero attached hydrogens (tertiary/aromatic N) is 1. The second-order valence-corrected chi connectivity index (χ2v) is 8.07. The van der Waals surface area contributed by atoms with E-state index >= 15 is 0 Å². The molecule has 6 N–H and O–H groups in total. The summed E-state index contributed by atoms with van der Waals surface area (Å²) in [5.74, 6) is -1.20. The molecule has 1 aliphatic rings. The topological polar surface area (TPSA) is 165 Å². The van der Waals surface area contributed by atoms with E-state index in [2.05, 4.69) is 20.9 Å². The van der Waals surface area contributed by atoms with Gasteiger partial charge in [0.05, 0.1) is 19.3 Å². The standard InChI is InChI=1S/C21H33N5O6/c1-13(2)16-11-31-7-3-4-8-32-12-17(19(27)24-16)26-21(30)25-15(20(28)29)9-14-5-6-18(22)23-10-14/h5-6,10,13,15-17H,3-4,7-9,11-12H2,1-2H3,(H2,22,23)(H,24,27)(H,28,29)(H2,25,26,30)/t15-,16-,17-/m1/s1. The molecule has 1 aromatic heterocycles. The van der Waals surface area contributed by atoms with E-state index in [4.69, 9.17) is 15.2 Å². The van der Waals surface area contributed by atoms with Gasteiger partial charge in [0.1, 0.15) is 17.9 Å². The number of nitrogen functional groups attached to an aromatic ring is 1. The van der Waals surface area contributed by atoms with Crippen LogP contribution in [-0.4, -0.2) is 72.6 Å². The Bertz CT molecular complexity index is 758. The van der Waals surface area contributed by atoms with Crippen molar-refractivity contribution in [1.82, 2.24) is 20.9 Å². The lowest BCUT2D eigenvalue weighted by Gasteiger charge is -2.27. The number of hydrogen-bond donors (Lipinski definition) is 5. The van der Waals surface area contributed by atoms with E-state index in [1.54, 1.807) is 12.1 Å². The smallest absolute Gasteiger partial charge is 0.326 e. The van der Waals surface area contributed by atoms with E-state index in [0.29, 0.717) is 31.2 Å². The van der Waals surface area contributed by atoms with Gasteiger partial charge in [-0.25, -0.2) is 14.6 Å². The average molecular weight is 452 g/mol. The van der Waals surface area contributed by atoms with Crippen molar-refractivity contribution >= 4 is 23.7 Å². The van der Waals surface area contributed by atoms with Crippen molar-refractivity contribution in [3.05, 3.63) is 23.9 Å². The third kappa shape index (κ3) is 8.67. The van der Waals surface area contributed by atoms with Crippen LogP contribution in [-0.2, 0) is 25.5 Å². The van der Waals surface area contributed by atoms with Crippen LogP contribution in [0, 0.1) is 5.92 Å². The molecule has 2 rings (SSSR count). The van der Waals surface area contributed by atoms with E-state index in [1.165, 1.54) is 6.20 Å². The number of anilines is 1. The molecule has 1 aliphatic heterocycles. The van der Waals surface area contributed by atoms with Gasteiger partial charge in [0, 0.05) is 25.8 Å². The number of carbonyl (C=O) groups excluding carboxylic acids is 2. The number of carbonyl (C=O) groups is 3. The van der Waals surface area contributed by atoms with Crippen LogP contribution in [0.4, 0.5) is 10.6 Å². The summed E-state index contributed by atoms with van der Waals surface area (Å²) in [6, 6.07) is -0.0145. The molecule has 11 nitrogen and oxygen atoms in total. The first kappa shape index (κ1) is 25.3. The summed E-state index contributed by atoms with van der Waals surface area (Å²) in [5, 5.41) is 17.3. The fourth-order valence-electron chi connectivity index (χ4n) is 3.04. The van der Waals surface area contributed by atoms with Crippen molar-refractivity contribution in [3.8, 4) is 0 Å². The van der Waals surface area contributed by atoms with E-state index in [1.807, 2.05) is 13.8 Å². The minimum absolute atomic E-state index is 0.0101. The molecule has 1 aromatic rings. The summed E-state index contributed by atoms with van der Waals surface area (Å²) in [4.78, 5) is 40.9. The first-order chi connectivity index (χ1) is 15.3. The molecule has 0 bridgehead atoms. The van der Waals surface area contributed by atoms with Crippen LogP contribution in [0.25, 0.3) is 0 Å². The second-order valence-electron chi connectivity index (χ2n) is 8.07. The molecule has 1 fully saturated rings. The van der Waals surface area contributed by atoms with Gasteiger partial charge in [0.25, 0.3) is 0 Å². The molecule has 2 heterocycles. The fraction of sp³-hybridized carbons (Fsp3) is 0.619. The first-order valence-electron chi connectivity index (χ1n) is 10.7. The van der Waals surface area contributed by atoms with Gasteiger partial charge >= 0.3 is 12.0 Å². The molecular formula is C21H33N5O6. The van der Waals surface area contributed by atoms with Crippen molar-refractivity contribution in [2.75, 3.05) is 32.2 Å². The molecule has 0 unspecified atom stereocenters. The van der Waals surface area contributed by atoms with Crippen molar-refractivity contribution < 1.29 is 29.0 Å². The Morgan fingerprint density at radius 2 is 1.94 bits per heavy atom. The number of ether oxygens (including phenoxy) is 2. The van der Waals surface area contributed by atoms with Gasteiger partial charge in [0.2, 0.25) is 5.91 Å². The number of aromatic nitrogens is 1. The normalized spacial score (nSPS) is 21.5. The van der Waals surface area contributed by atoms with E-state index in [0.717, 1.165) is 12.8 Å². The summed E-state index contributed by atoms with van der Waals surface area (Å²) in [6.45, 7) is 5.30. The summed E-state index contributed by atoms with van der Waals surface area (Å²) in [6.07, 6.45) is 3.06. The third-order valence-electron chi connectivity index (χ3n) is 5.05. The summed E-state index contributed by atoms with van der Waals surface area (Å²) >= 11 is 0. The zero-order valence-corrected chi connectivity index (χ0v) is 18.5. The molecule has 0 saturated carbocycles. The number of nitrogens with one attached hydrogen (secondary N) is 3. The van der Waals surface area contributed by atoms with Crippen LogP contribution in [0.2, 0.25) is 0 Å². The zero-order chi connectivity index (χ0) is 23.5. The van der Waals surface area contributed by atoms with Crippen LogP contribution in [0.1, 0.15) is 32.3 Å². The predicted octanol–water partition coefficient (Wildman–Crippen LogP) is 0.295.